The fourth-order valence-electron chi connectivity index (χ4n) is 6.18. The van der Waals surface area contributed by atoms with E-state index in [0.29, 0.717) is 24.4 Å². The minimum atomic E-state index is -2.95. The number of fused-ring (bicyclic) bond motifs is 2. The maximum atomic E-state index is 11.7. The molecule has 0 radical (unpaired) electrons. The van der Waals surface area contributed by atoms with Crippen molar-refractivity contribution in [1.29, 1.82) is 0 Å². The first-order valence-corrected chi connectivity index (χ1v) is 15.9. The van der Waals surface area contributed by atoms with Crippen LogP contribution in [0.1, 0.15) is 80.7 Å². The van der Waals surface area contributed by atoms with Crippen molar-refractivity contribution in [3.63, 3.8) is 0 Å². The quantitative estimate of drug-likeness (QED) is 0.324. The summed E-state index contributed by atoms with van der Waals surface area (Å²) in [5.41, 5.74) is 10.0. The minimum absolute atomic E-state index is 0.232. The lowest BCUT2D eigenvalue weighted by Crippen LogP contribution is -2.40. The van der Waals surface area contributed by atoms with Crippen molar-refractivity contribution in [3.05, 3.63) is 47.0 Å². The van der Waals surface area contributed by atoms with E-state index >= 15 is 0 Å². The Bertz CT molecular complexity index is 1560. The number of nitrogens with zero attached hydrogens (tertiary/aromatic N) is 5. The van der Waals surface area contributed by atoms with Gasteiger partial charge in [0.05, 0.1) is 22.5 Å². The fourth-order valence-corrected chi connectivity index (χ4v) is 6.74. The average Bonchev–Trinajstić information content (AvgIpc) is 3.50. The number of pyridine rings is 2. The highest BCUT2D eigenvalue weighted by molar-refractivity contribution is 7.90. The van der Waals surface area contributed by atoms with E-state index in [9.17, 15) is 8.42 Å². The smallest absolute Gasteiger partial charge is 0.158 e. The molecule has 4 aromatic heterocycles. The van der Waals surface area contributed by atoms with Gasteiger partial charge >= 0.3 is 0 Å². The van der Waals surface area contributed by atoms with Crippen LogP contribution in [0.4, 0.5) is 0 Å². The van der Waals surface area contributed by atoms with Gasteiger partial charge in [0.1, 0.15) is 16.2 Å². The summed E-state index contributed by atoms with van der Waals surface area (Å²) < 4.78 is 25.2. The van der Waals surface area contributed by atoms with E-state index in [1.807, 2.05) is 4.52 Å². The minimum Gasteiger partial charge on any atom is -0.353 e. The van der Waals surface area contributed by atoms with Crippen LogP contribution in [0.2, 0.25) is 0 Å². The molecule has 0 atom stereocenters. The Hall–Kier alpha value is -2.78. The standard InChI is InChI=1S/C29H40N6O2S/c1-7-34(14-15-38(6,36)37)22-10-8-21(9-11-22)24-12-13-25-28(32-24)26(18(2)3)27(33-25)23-16-35-29(30-17-31-35)20(5)19(23)4/h12-13,16-18,21-22,33H,7-11,14-15H2,1-6H3. The van der Waals surface area contributed by atoms with E-state index < -0.39 is 9.84 Å². The lowest BCUT2D eigenvalue weighted by Gasteiger charge is -2.36. The highest BCUT2D eigenvalue weighted by atomic mass is 32.2. The molecule has 38 heavy (non-hydrogen) atoms. The Morgan fingerprint density at radius 3 is 2.53 bits per heavy atom. The third kappa shape index (κ3) is 5.10. The molecule has 1 aliphatic carbocycles. The van der Waals surface area contributed by atoms with Gasteiger partial charge in [0.25, 0.3) is 0 Å². The monoisotopic (exact) mass is 536 g/mol. The van der Waals surface area contributed by atoms with Gasteiger partial charge in [-0.3, -0.25) is 9.88 Å². The molecular formula is C29H40N6O2S. The second-order valence-electron chi connectivity index (χ2n) is 11.3. The zero-order valence-electron chi connectivity index (χ0n) is 23.5. The summed E-state index contributed by atoms with van der Waals surface area (Å²) in [7, 11) is -2.95. The van der Waals surface area contributed by atoms with Gasteiger partial charge in [-0.25, -0.2) is 17.9 Å². The summed E-state index contributed by atoms with van der Waals surface area (Å²) in [6.07, 6.45) is 9.32. The van der Waals surface area contributed by atoms with Gasteiger partial charge < -0.3 is 4.98 Å². The zero-order valence-corrected chi connectivity index (χ0v) is 24.3. The first kappa shape index (κ1) is 26.8. The average molecular weight is 537 g/mol. The van der Waals surface area contributed by atoms with Crippen molar-refractivity contribution >= 4 is 26.5 Å². The Balaban J connectivity index is 1.43. The number of hydrogen-bond acceptors (Lipinski definition) is 6. The van der Waals surface area contributed by atoms with Crippen LogP contribution in [0.15, 0.2) is 24.7 Å². The molecule has 4 heterocycles. The van der Waals surface area contributed by atoms with E-state index in [-0.39, 0.29) is 5.75 Å². The maximum absolute atomic E-state index is 11.7. The molecule has 8 nitrogen and oxygen atoms in total. The lowest BCUT2D eigenvalue weighted by molar-refractivity contribution is 0.164. The second kappa shape index (κ2) is 10.4. The fraction of sp³-hybridized carbons (Fsp3) is 0.552. The van der Waals surface area contributed by atoms with Crippen molar-refractivity contribution < 1.29 is 8.42 Å². The van der Waals surface area contributed by atoms with Gasteiger partial charge in [0.2, 0.25) is 0 Å². The molecule has 0 spiro atoms. The zero-order chi connectivity index (χ0) is 27.2. The Morgan fingerprint density at radius 2 is 1.87 bits per heavy atom. The second-order valence-corrected chi connectivity index (χ2v) is 13.5. The van der Waals surface area contributed by atoms with Crippen LogP contribution >= 0.6 is 0 Å². The van der Waals surface area contributed by atoms with Gasteiger partial charge in [-0.2, -0.15) is 5.10 Å². The third-order valence-electron chi connectivity index (χ3n) is 8.46. The van der Waals surface area contributed by atoms with E-state index in [0.717, 1.165) is 65.7 Å². The summed E-state index contributed by atoms with van der Waals surface area (Å²) in [5.74, 6) is 0.963. The summed E-state index contributed by atoms with van der Waals surface area (Å²) in [6.45, 7) is 12.4. The number of H-pyrrole nitrogens is 1. The van der Waals surface area contributed by atoms with Crippen molar-refractivity contribution in [2.45, 2.75) is 78.2 Å². The van der Waals surface area contributed by atoms with Gasteiger partial charge in [0, 0.05) is 47.8 Å². The largest absolute Gasteiger partial charge is 0.353 e. The number of sulfone groups is 1. The van der Waals surface area contributed by atoms with Crippen LogP contribution in [0.25, 0.3) is 27.9 Å². The Labute approximate surface area is 225 Å². The molecule has 0 unspecified atom stereocenters. The molecule has 9 heteroatoms. The number of hydrogen-bond donors (Lipinski definition) is 1. The van der Waals surface area contributed by atoms with Crippen LogP contribution in [0.5, 0.6) is 0 Å². The molecule has 1 fully saturated rings. The van der Waals surface area contributed by atoms with Gasteiger partial charge in [-0.05, 0) is 75.3 Å². The number of rotatable bonds is 8. The predicted molar refractivity (Wildman–Crippen MR) is 154 cm³/mol. The van der Waals surface area contributed by atoms with E-state index in [4.69, 9.17) is 4.98 Å². The summed E-state index contributed by atoms with van der Waals surface area (Å²) in [5, 5.41) is 4.40. The summed E-state index contributed by atoms with van der Waals surface area (Å²) in [6, 6.07) is 4.84. The third-order valence-corrected chi connectivity index (χ3v) is 9.38. The van der Waals surface area contributed by atoms with E-state index in [1.165, 1.54) is 23.1 Å². The van der Waals surface area contributed by atoms with Crippen molar-refractivity contribution in [2.75, 3.05) is 25.1 Å². The number of aromatic nitrogens is 5. The molecule has 1 aliphatic rings. The number of aromatic amines is 1. The Morgan fingerprint density at radius 1 is 1.13 bits per heavy atom. The molecule has 0 amide bonds. The molecule has 0 bridgehead atoms. The predicted octanol–water partition coefficient (Wildman–Crippen LogP) is 5.41. The molecule has 0 saturated heterocycles. The van der Waals surface area contributed by atoms with Crippen LogP contribution in [-0.2, 0) is 9.84 Å². The SMILES string of the molecule is CCN(CCS(C)(=O)=O)C1CCC(c2ccc3[nH]c(-c4cn5ncnc5c(C)c4C)c(C(C)C)c3n2)CC1. The first-order valence-electron chi connectivity index (χ1n) is 13.8. The van der Waals surface area contributed by atoms with Gasteiger partial charge in [-0.1, -0.05) is 20.8 Å². The van der Waals surface area contributed by atoms with Crippen LogP contribution < -0.4 is 0 Å². The molecule has 0 aromatic carbocycles. The molecule has 4 aromatic rings. The summed E-state index contributed by atoms with van der Waals surface area (Å²) in [4.78, 5) is 15.7. The molecule has 5 rings (SSSR count). The molecule has 1 saturated carbocycles. The van der Waals surface area contributed by atoms with Crippen molar-refractivity contribution in [1.82, 2.24) is 29.5 Å². The highest BCUT2D eigenvalue weighted by Gasteiger charge is 2.28. The van der Waals surface area contributed by atoms with Crippen LogP contribution in [0, 0.1) is 13.8 Å². The molecule has 1 N–H and O–H groups in total. The molecule has 204 valence electrons. The number of aryl methyl sites for hydroxylation is 1. The molecule has 0 aliphatic heterocycles. The lowest BCUT2D eigenvalue weighted by atomic mass is 9.83. The van der Waals surface area contributed by atoms with E-state index in [1.54, 1.807) is 6.33 Å². The normalized spacial score (nSPS) is 18.8. The maximum Gasteiger partial charge on any atom is 0.158 e. The summed E-state index contributed by atoms with van der Waals surface area (Å²) >= 11 is 0. The highest BCUT2D eigenvalue weighted by Crippen LogP contribution is 2.39. The first-order chi connectivity index (χ1) is 18.1. The van der Waals surface area contributed by atoms with Crippen LogP contribution in [0.3, 0.4) is 0 Å². The van der Waals surface area contributed by atoms with Crippen LogP contribution in [-0.4, -0.2) is 69.0 Å². The van der Waals surface area contributed by atoms with Crippen molar-refractivity contribution in [3.8, 4) is 11.3 Å². The molecular weight excluding hydrogens is 496 g/mol. The number of nitrogens with one attached hydrogen (secondary N) is 1. The van der Waals surface area contributed by atoms with Gasteiger partial charge in [-0.15, -0.1) is 0 Å². The van der Waals surface area contributed by atoms with E-state index in [2.05, 4.69) is 72.9 Å². The van der Waals surface area contributed by atoms with Crippen molar-refractivity contribution in [2.24, 2.45) is 0 Å². The topological polar surface area (TPSA) is 96.2 Å². The van der Waals surface area contributed by atoms with Gasteiger partial charge in [0.15, 0.2) is 5.65 Å². The Kier molecular flexibility index (Phi) is 7.35.